The molecule has 2 atom stereocenters. The van der Waals surface area contributed by atoms with Crippen LogP contribution in [0.5, 0.6) is 0 Å². The summed E-state index contributed by atoms with van der Waals surface area (Å²) in [5, 5.41) is 0. The molecule has 0 aromatic heterocycles. The highest BCUT2D eigenvalue weighted by Crippen LogP contribution is 2.43. The molecule has 0 heterocycles. The number of rotatable bonds is 38. The Morgan fingerprint density at radius 3 is 1.31 bits per heavy atom. The van der Waals surface area contributed by atoms with E-state index >= 15 is 0 Å². The molecule has 0 aliphatic rings. The molecule has 292 valence electrons. The molecule has 49 heavy (non-hydrogen) atoms. The number of phosphoric ester groups is 1. The summed E-state index contributed by atoms with van der Waals surface area (Å²) in [5.41, 5.74) is 0. The average molecular weight is 720 g/mol. The van der Waals surface area contributed by atoms with E-state index in [-0.39, 0.29) is 25.6 Å². The van der Waals surface area contributed by atoms with Crippen LogP contribution in [0.2, 0.25) is 0 Å². The van der Waals surface area contributed by atoms with Crippen LogP contribution in [-0.2, 0) is 32.7 Å². The van der Waals surface area contributed by atoms with Crippen molar-refractivity contribution >= 4 is 19.8 Å². The van der Waals surface area contributed by atoms with E-state index in [1.165, 1.54) is 128 Å². The van der Waals surface area contributed by atoms with Crippen LogP contribution in [-0.4, -0.2) is 68.3 Å². The summed E-state index contributed by atoms with van der Waals surface area (Å²) in [6.45, 7) is 4.34. The van der Waals surface area contributed by atoms with Gasteiger partial charge in [0.2, 0.25) is 0 Å². The van der Waals surface area contributed by atoms with Crippen LogP contribution >= 0.6 is 7.82 Å². The van der Waals surface area contributed by atoms with Gasteiger partial charge in [-0.1, -0.05) is 168 Å². The Kier molecular flexibility index (Phi) is 34.7. The number of esters is 2. The van der Waals surface area contributed by atoms with Crippen molar-refractivity contribution in [2.24, 2.45) is 0 Å². The maximum absolute atomic E-state index is 12.6. The molecule has 9 nitrogen and oxygen atoms in total. The number of phosphoric acid groups is 1. The summed E-state index contributed by atoms with van der Waals surface area (Å²) >= 11 is 0. The molecule has 0 saturated carbocycles. The van der Waals surface area contributed by atoms with Crippen molar-refractivity contribution in [3.05, 3.63) is 0 Å². The minimum Gasteiger partial charge on any atom is -0.462 e. The van der Waals surface area contributed by atoms with E-state index in [9.17, 15) is 19.0 Å². The quantitative estimate of drug-likeness (QED) is 0.0378. The number of unbranched alkanes of at least 4 members (excludes halogenated alkanes) is 24. The lowest BCUT2D eigenvalue weighted by Crippen LogP contribution is -2.29. The monoisotopic (exact) mass is 720 g/mol. The maximum atomic E-state index is 12.6. The van der Waals surface area contributed by atoms with Gasteiger partial charge in [0.1, 0.15) is 6.61 Å². The largest absolute Gasteiger partial charge is 0.472 e. The number of carbonyl (C=O) groups excluding carboxylic acids is 2. The first kappa shape index (κ1) is 48.0. The lowest BCUT2D eigenvalue weighted by Gasteiger charge is -2.20. The maximum Gasteiger partial charge on any atom is 0.472 e. The third kappa shape index (κ3) is 36.6. The number of hydrogen-bond acceptors (Lipinski definition) is 8. The molecule has 0 saturated heterocycles. The predicted molar refractivity (Wildman–Crippen MR) is 202 cm³/mol. The molecule has 0 radical (unpaired) electrons. The molecule has 0 spiro atoms. The van der Waals surface area contributed by atoms with Gasteiger partial charge in [0, 0.05) is 19.4 Å². The van der Waals surface area contributed by atoms with Crippen molar-refractivity contribution in [1.82, 2.24) is 4.90 Å². The molecular weight excluding hydrogens is 641 g/mol. The molecular formula is C39H78NO8P. The SMILES string of the molecule is CCCCCCCCCCCCCCCC(=O)OC[C@@H](COP(=O)(O)OCCN(C)C)OC(=O)CCCCCCCCCCCCCCC. The zero-order valence-corrected chi connectivity index (χ0v) is 33.3. The molecule has 0 fully saturated rings. The van der Waals surface area contributed by atoms with E-state index in [4.69, 9.17) is 18.5 Å². The van der Waals surface area contributed by atoms with Crippen molar-refractivity contribution in [2.75, 3.05) is 40.5 Å². The van der Waals surface area contributed by atoms with Gasteiger partial charge in [-0.2, -0.15) is 0 Å². The lowest BCUT2D eigenvalue weighted by atomic mass is 10.0. The van der Waals surface area contributed by atoms with Gasteiger partial charge < -0.3 is 19.3 Å². The minimum absolute atomic E-state index is 0.0123. The molecule has 0 rings (SSSR count). The Bertz CT molecular complexity index is 797. The lowest BCUT2D eigenvalue weighted by molar-refractivity contribution is -0.161. The molecule has 1 unspecified atom stereocenters. The Morgan fingerprint density at radius 1 is 0.551 bits per heavy atom. The van der Waals surface area contributed by atoms with Gasteiger partial charge in [0.15, 0.2) is 6.10 Å². The first-order chi connectivity index (χ1) is 23.7. The number of nitrogens with zero attached hydrogens (tertiary/aromatic N) is 1. The van der Waals surface area contributed by atoms with Crippen LogP contribution in [0.15, 0.2) is 0 Å². The van der Waals surface area contributed by atoms with Gasteiger partial charge in [0.05, 0.1) is 13.2 Å². The Labute approximate surface area is 301 Å². The van der Waals surface area contributed by atoms with Crippen LogP contribution in [0.1, 0.15) is 194 Å². The van der Waals surface area contributed by atoms with Crippen molar-refractivity contribution in [1.29, 1.82) is 0 Å². The smallest absolute Gasteiger partial charge is 0.462 e. The fourth-order valence-corrected chi connectivity index (χ4v) is 6.49. The Morgan fingerprint density at radius 2 is 0.918 bits per heavy atom. The normalized spacial score (nSPS) is 13.4. The average Bonchev–Trinajstić information content (AvgIpc) is 3.06. The molecule has 0 aliphatic carbocycles. The fraction of sp³-hybridized carbons (Fsp3) is 0.949. The summed E-state index contributed by atoms with van der Waals surface area (Å²) < 4.78 is 33.4. The van der Waals surface area contributed by atoms with Crippen molar-refractivity contribution in [2.45, 2.75) is 200 Å². The van der Waals surface area contributed by atoms with Crippen LogP contribution in [0.4, 0.5) is 0 Å². The Balaban J connectivity index is 4.30. The summed E-state index contributed by atoms with van der Waals surface area (Å²) in [4.78, 5) is 36.9. The first-order valence-corrected chi connectivity index (χ1v) is 21.8. The van der Waals surface area contributed by atoms with E-state index < -0.39 is 26.5 Å². The van der Waals surface area contributed by atoms with Crippen molar-refractivity contribution in [3.63, 3.8) is 0 Å². The van der Waals surface area contributed by atoms with Gasteiger partial charge in [-0.25, -0.2) is 4.57 Å². The van der Waals surface area contributed by atoms with E-state index in [0.717, 1.165) is 38.5 Å². The van der Waals surface area contributed by atoms with E-state index in [1.54, 1.807) is 0 Å². The van der Waals surface area contributed by atoms with Gasteiger partial charge in [-0.05, 0) is 26.9 Å². The molecule has 0 aromatic carbocycles. The predicted octanol–water partition coefficient (Wildman–Crippen LogP) is 11.1. The summed E-state index contributed by atoms with van der Waals surface area (Å²) in [6, 6.07) is 0. The minimum atomic E-state index is -4.35. The zero-order chi connectivity index (χ0) is 36.3. The second kappa shape index (κ2) is 35.4. The molecule has 0 aromatic rings. The van der Waals surface area contributed by atoms with Gasteiger partial charge >= 0.3 is 19.8 Å². The summed E-state index contributed by atoms with van der Waals surface area (Å²) in [7, 11) is -0.697. The second-order valence-electron chi connectivity index (χ2n) is 14.2. The first-order valence-electron chi connectivity index (χ1n) is 20.3. The van der Waals surface area contributed by atoms with Crippen molar-refractivity contribution < 1.29 is 37.6 Å². The highest BCUT2D eigenvalue weighted by molar-refractivity contribution is 7.47. The summed E-state index contributed by atoms with van der Waals surface area (Å²) in [5.74, 6) is -0.791. The zero-order valence-electron chi connectivity index (χ0n) is 32.4. The topological polar surface area (TPSA) is 112 Å². The number of ether oxygens (including phenoxy) is 2. The molecule has 0 amide bonds. The number of hydrogen-bond donors (Lipinski definition) is 1. The third-order valence-corrected chi connectivity index (χ3v) is 9.90. The van der Waals surface area contributed by atoms with Gasteiger partial charge in [-0.3, -0.25) is 18.6 Å². The standard InChI is InChI=1S/C39H78NO8P/c1-5-7-9-11-13-15-17-19-21-23-25-27-29-31-38(41)45-35-37(36-47-49(43,44)46-34-33-40(3)4)48-39(42)32-30-28-26-24-22-20-18-16-14-12-10-8-6-2/h37H,5-36H2,1-4H3,(H,43,44)/t37-/m0/s1. The van der Waals surface area contributed by atoms with E-state index in [2.05, 4.69) is 13.8 Å². The summed E-state index contributed by atoms with van der Waals surface area (Å²) in [6.07, 6.45) is 31.4. The van der Waals surface area contributed by atoms with Gasteiger partial charge in [0.25, 0.3) is 0 Å². The molecule has 0 bridgehead atoms. The number of carbonyl (C=O) groups is 2. The Hall–Kier alpha value is -0.990. The van der Waals surface area contributed by atoms with E-state index in [0.29, 0.717) is 13.0 Å². The molecule has 10 heteroatoms. The second-order valence-corrected chi connectivity index (χ2v) is 15.6. The highest BCUT2D eigenvalue weighted by atomic mass is 31.2. The molecule has 1 N–H and O–H groups in total. The van der Waals surface area contributed by atoms with Crippen LogP contribution in [0.25, 0.3) is 0 Å². The van der Waals surface area contributed by atoms with Gasteiger partial charge in [-0.15, -0.1) is 0 Å². The third-order valence-electron chi connectivity index (χ3n) is 8.91. The van der Waals surface area contributed by atoms with Crippen LogP contribution in [0.3, 0.4) is 0 Å². The van der Waals surface area contributed by atoms with E-state index in [1.807, 2.05) is 19.0 Å². The molecule has 0 aliphatic heterocycles. The van der Waals surface area contributed by atoms with Crippen molar-refractivity contribution in [3.8, 4) is 0 Å². The van der Waals surface area contributed by atoms with Crippen LogP contribution in [0, 0.1) is 0 Å². The van der Waals surface area contributed by atoms with Crippen LogP contribution < -0.4 is 0 Å². The fourth-order valence-electron chi connectivity index (χ4n) is 5.75. The number of likely N-dealkylation sites (N-methyl/N-ethyl adjacent to an activating group) is 1. The highest BCUT2D eigenvalue weighted by Gasteiger charge is 2.26.